The van der Waals surface area contributed by atoms with Crippen molar-refractivity contribution in [2.24, 2.45) is 0 Å². The van der Waals surface area contributed by atoms with Crippen molar-refractivity contribution in [3.63, 3.8) is 0 Å². The van der Waals surface area contributed by atoms with Gasteiger partial charge in [0.1, 0.15) is 5.75 Å². The fourth-order valence-electron chi connectivity index (χ4n) is 1.03. The van der Waals surface area contributed by atoms with E-state index in [0.29, 0.717) is 5.75 Å². The fraction of sp³-hybridized carbons (Fsp3) is 0.500. The summed E-state index contributed by atoms with van der Waals surface area (Å²) in [5.74, 6) is 1.56. The van der Waals surface area contributed by atoms with E-state index in [-0.39, 0.29) is 0 Å². The minimum absolute atomic E-state index is 0.590. The molecule has 1 rings (SSSR count). The Morgan fingerprint density at radius 1 is 1.47 bits per heavy atom. The lowest BCUT2D eigenvalue weighted by molar-refractivity contribution is 0.0816. The first kappa shape index (κ1) is 12.4. The topological polar surface area (TPSA) is 29.5 Å². The van der Waals surface area contributed by atoms with Crippen LogP contribution in [0, 0.1) is 0 Å². The number of rotatable bonds is 5. The van der Waals surface area contributed by atoms with Crippen molar-refractivity contribution in [3.05, 3.63) is 24.3 Å². The predicted octanol–water partition coefficient (Wildman–Crippen LogP) is 2.95. The molecule has 0 spiro atoms. The molecule has 2 nitrogen and oxygen atoms in total. The van der Waals surface area contributed by atoms with Gasteiger partial charge >= 0.3 is 0 Å². The molecule has 0 saturated heterocycles. The van der Waals surface area contributed by atoms with E-state index in [1.807, 2.05) is 38.1 Å². The maximum absolute atomic E-state index is 9.86. The largest absolute Gasteiger partial charge is 0.497 e. The second-order valence-corrected chi connectivity index (χ2v) is 4.87. The van der Waals surface area contributed by atoms with E-state index in [0.717, 1.165) is 17.1 Å². The molecule has 0 heterocycles. The molecular formula is C12H18O2S. The van der Waals surface area contributed by atoms with Gasteiger partial charge in [-0.2, -0.15) is 0 Å². The molecule has 1 N–H and O–H groups in total. The molecule has 1 unspecified atom stereocenters. The Morgan fingerprint density at radius 3 is 2.80 bits per heavy atom. The lowest BCUT2D eigenvalue weighted by Crippen LogP contribution is -2.25. The molecule has 84 valence electrons. The van der Waals surface area contributed by atoms with Gasteiger partial charge in [-0.25, -0.2) is 0 Å². The maximum atomic E-state index is 9.86. The number of thioether (sulfide) groups is 1. The highest BCUT2D eigenvalue weighted by atomic mass is 32.2. The zero-order valence-corrected chi connectivity index (χ0v) is 10.3. The number of hydrogen-bond donors (Lipinski definition) is 1. The summed E-state index contributed by atoms with van der Waals surface area (Å²) in [5, 5.41) is 9.86. The van der Waals surface area contributed by atoms with Crippen LogP contribution in [0.25, 0.3) is 0 Å². The first-order valence-electron chi connectivity index (χ1n) is 5.06. The van der Waals surface area contributed by atoms with Gasteiger partial charge in [-0.3, -0.25) is 0 Å². The molecule has 1 aromatic carbocycles. The van der Waals surface area contributed by atoms with E-state index < -0.39 is 5.60 Å². The van der Waals surface area contributed by atoms with Crippen LogP contribution in [0.15, 0.2) is 29.2 Å². The molecule has 3 heteroatoms. The van der Waals surface area contributed by atoms with Gasteiger partial charge in [0, 0.05) is 10.6 Å². The highest BCUT2D eigenvalue weighted by Crippen LogP contribution is 2.26. The van der Waals surface area contributed by atoms with E-state index in [1.165, 1.54) is 0 Å². The quantitative estimate of drug-likeness (QED) is 0.783. The standard InChI is InChI=1S/C12H18O2S/c1-4-12(2,13)9-15-11-7-5-6-10(8-11)14-3/h5-8,13H,4,9H2,1-3H3. The average molecular weight is 226 g/mol. The summed E-state index contributed by atoms with van der Waals surface area (Å²) in [7, 11) is 1.66. The molecule has 0 fully saturated rings. The molecule has 0 aliphatic carbocycles. The zero-order valence-electron chi connectivity index (χ0n) is 9.49. The van der Waals surface area contributed by atoms with E-state index in [1.54, 1.807) is 18.9 Å². The highest BCUT2D eigenvalue weighted by molar-refractivity contribution is 7.99. The van der Waals surface area contributed by atoms with Gasteiger partial charge in [-0.1, -0.05) is 13.0 Å². The highest BCUT2D eigenvalue weighted by Gasteiger charge is 2.17. The van der Waals surface area contributed by atoms with Gasteiger partial charge in [0.25, 0.3) is 0 Å². The lowest BCUT2D eigenvalue weighted by Gasteiger charge is -2.20. The van der Waals surface area contributed by atoms with Gasteiger partial charge in [-0.15, -0.1) is 11.8 Å². The third-order valence-electron chi connectivity index (χ3n) is 2.35. The van der Waals surface area contributed by atoms with E-state index in [4.69, 9.17) is 4.74 Å². The molecule has 1 atom stereocenters. The van der Waals surface area contributed by atoms with Crippen molar-refractivity contribution in [1.29, 1.82) is 0 Å². The summed E-state index contributed by atoms with van der Waals surface area (Å²) in [5.41, 5.74) is -0.590. The van der Waals surface area contributed by atoms with E-state index in [2.05, 4.69) is 0 Å². The first-order valence-corrected chi connectivity index (χ1v) is 6.05. The fourth-order valence-corrected chi connectivity index (χ4v) is 2.09. The van der Waals surface area contributed by atoms with E-state index in [9.17, 15) is 5.11 Å². The molecule has 0 amide bonds. The number of methoxy groups -OCH3 is 1. The minimum atomic E-state index is -0.590. The van der Waals surface area contributed by atoms with Crippen LogP contribution in [0.5, 0.6) is 5.75 Å². The van der Waals surface area contributed by atoms with Crippen LogP contribution in [0.1, 0.15) is 20.3 Å². The number of hydrogen-bond acceptors (Lipinski definition) is 3. The van der Waals surface area contributed by atoms with Gasteiger partial charge < -0.3 is 9.84 Å². The first-order chi connectivity index (χ1) is 7.07. The minimum Gasteiger partial charge on any atom is -0.497 e. The van der Waals surface area contributed by atoms with Crippen molar-refractivity contribution < 1.29 is 9.84 Å². The molecule has 0 saturated carbocycles. The maximum Gasteiger partial charge on any atom is 0.119 e. The molecule has 0 radical (unpaired) electrons. The Kier molecular flexibility index (Phi) is 4.48. The Hall–Kier alpha value is -0.670. The second kappa shape index (κ2) is 5.42. The van der Waals surface area contributed by atoms with Crippen molar-refractivity contribution in [2.75, 3.05) is 12.9 Å². The summed E-state index contributed by atoms with van der Waals surface area (Å²) >= 11 is 1.65. The van der Waals surface area contributed by atoms with Gasteiger partial charge in [0.15, 0.2) is 0 Å². The molecule has 0 bridgehead atoms. The van der Waals surface area contributed by atoms with Crippen LogP contribution in [-0.4, -0.2) is 23.6 Å². The summed E-state index contributed by atoms with van der Waals surface area (Å²) in [4.78, 5) is 1.13. The van der Waals surface area contributed by atoms with Crippen molar-refractivity contribution in [2.45, 2.75) is 30.8 Å². The molecule has 0 aliphatic heterocycles. The van der Waals surface area contributed by atoms with Crippen molar-refractivity contribution >= 4 is 11.8 Å². The van der Waals surface area contributed by atoms with Crippen LogP contribution in [0.2, 0.25) is 0 Å². The number of benzene rings is 1. The van der Waals surface area contributed by atoms with Crippen LogP contribution >= 0.6 is 11.8 Å². The zero-order chi connectivity index (χ0) is 11.3. The third kappa shape index (κ3) is 4.14. The van der Waals surface area contributed by atoms with Crippen LogP contribution in [-0.2, 0) is 0 Å². The van der Waals surface area contributed by atoms with Crippen LogP contribution < -0.4 is 4.74 Å². The summed E-state index contributed by atoms with van der Waals surface area (Å²) in [6.07, 6.45) is 0.768. The third-order valence-corrected chi connectivity index (χ3v) is 3.71. The predicted molar refractivity (Wildman–Crippen MR) is 64.6 cm³/mol. The van der Waals surface area contributed by atoms with Gasteiger partial charge in [0.05, 0.1) is 12.7 Å². The average Bonchev–Trinajstić information content (AvgIpc) is 2.27. The molecule has 1 aromatic rings. The molecular weight excluding hydrogens is 208 g/mol. The second-order valence-electron chi connectivity index (χ2n) is 3.82. The molecule has 15 heavy (non-hydrogen) atoms. The van der Waals surface area contributed by atoms with Crippen molar-refractivity contribution in [1.82, 2.24) is 0 Å². The number of ether oxygens (including phenoxy) is 1. The summed E-state index contributed by atoms with van der Waals surface area (Å²) in [6.45, 7) is 3.85. The summed E-state index contributed by atoms with van der Waals surface area (Å²) in [6, 6.07) is 7.89. The van der Waals surface area contributed by atoms with E-state index >= 15 is 0 Å². The van der Waals surface area contributed by atoms with Crippen LogP contribution in [0.3, 0.4) is 0 Å². The molecule has 0 aliphatic rings. The van der Waals surface area contributed by atoms with Crippen LogP contribution in [0.4, 0.5) is 0 Å². The smallest absolute Gasteiger partial charge is 0.119 e. The SMILES string of the molecule is CCC(C)(O)CSc1cccc(OC)c1. The monoisotopic (exact) mass is 226 g/mol. The Labute approximate surface area is 95.7 Å². The summed E-state index contributed by atoms with van der Waals surface area (Å²) < 4.78 is 5.14. The molecule has 0 aromatic heterocycles. The van der Waals surface area contributed by atoms with Gasteiger partial charge in [-0.05, 0) is 31.5 Å². The Bertz CT molecular complexity index is 310. The normalized spacial score (nSPS) is 14.7. The van der Waals surface area contributed by atoms with Crippen molar-refractivity contribution in [3.8, 4) is 5.75 Å². The number of aliphatic hydroxyl groups is 1. The lowest BCUT2D eigenvalue weighted by atomic mass is 10.1. The Balaban J connectivity index is 2.57. The Morgan fingerprint density at radius 2 is 2.20 bits per heavy atom. The van der Waals surface area contributed by atoms with Gasteiger partial charge in [0.2, 0.25) is 0 Å².